The van der Waals surface area contributed by atoms with Crippen LogP contribution in [0.1, 0.15) is 35.3 Å². The molecular weight excluding hydrogens is 354 g/mol. The van der Waals surface area contributed by atoms with Gasteiger partial charge < -0.3 is 14.7 Å². The van der Waals surface area contributed by atoms with Crippen molar-refractivity contribution in [2.24, 2.45) is 7.05 Å². The fraction of sp³-hybridized carbons (Fsp3) is 0.474. The van der Waals surface area contributed by atoms with Crippen LogP contribution in [0.3, 0.4) is 0 Å². The van der Waals surface area contributed by atoms with Gasteiger partial charge in [-0.1, -0.05) is 17.7 Å². The maximum Gasteiger partial charge on any atom is 0.272 e. The SMILES string of the molecule is Cc1ccc(Cl)c(OCC2(O)CCCN(C(=O)c3ccnn3C)CC2)c1. The first-order chi connectivity index (χ1) is 12.4. The Morgan fingerprint density at radius 3 is 2.88 bits per heavy atom. The van der Waals surface area contributed by atoms with Crippen molar-refractivity contribution >= 4 is 17.5 Å². The molecule has 0 aliphatic carbocycles. The number of rotatable bonds is 4. The van der Waals surface area contributed by atoms with Gasteiger partial charge in [0.25, 0.3) is 5.91 Å². The molecule has 7 heteroatoms. The Bertz CT molecular complexity index is 792. The Balaban J connectivity index is 1.62. The molecule has 1 N–H and O–H groups in total. The summed E-state index contributed by atoms with van der Waals surface area (Å²) in [6, 6.07) is 7.28. The Morgan fingerprint density at radius 2 is 2.15 bits per heavy atom. The van der Waals surface area contributed by atoms with Crippen molar-refractivity contribution in [3.8, 4) is 5.75 Å². The van der Waals surface area contributed by atoms with Crippen LogP contribution >= 0.6 is 11.6 Å². The summed E-state index contributed by atoms with van der Waals surface area (Å²) in [5, 5.41) is 15.5. The molecule has 6 nitrogen and oxygen atoms in total. The highest BCUT2D eigenvalue weighted by Crippen LogP contribution is 2.29. The molecule has 1 aliphatic rings. The number of aryl methyl sites for hydroxylation is 2. The van der Waals surface area contributed by atoms with Gasteiger partial charge in [-0.25, -0.2) is 0 Å². The van der Waals surface area contributed by atoms with E-state index in [9.17, 15) is 9.90 Å². The first kappa shape index (κ1) is 18.7. The van der Waals surface area contributed by atoms with E-state index < -0.39 is 5.60 Å². The molecule has 0 bridgehead atoms. The minimum atomic E-state index is -0.978. The van der Waals surface area contributed by atoms with Crippen LogP contribution < -0.4 is 4.74 Å². The quantitative estimate of drug-likeness (QED) is 0.889. The predicted molar refractivity (Wildman–Crippen MR) is 99.6 cm³/mol. The molecule has 1 atom stereocenters. The molecule has 1 amide bonds. The topological polar surface area (TPSA) is 67.6 Å². The molecule has 1 aliphatic heterocycles. The zero-order valence-corrected chi connectivity index (χ0v) is 15.9. The van der Waals surface area contributed by atoms with Gasteiger partial charge >= 0.3 is 0 Å². The van der Waals surface area contributed by atoms with E-state index in [1.54, 1.807) is 35.0 Å². The van der Waals surface area contributed by atoms with E-state index in [2.05, 4.69) is 5.10 Å². The lowest BCUT2D eigenvalue weighted by Crippen LogP contribution is -2.38. The fourth-order valence-electron chi connectivity index (χ4n) is 3.21. The van der Waals surface area contributed by atoms with Gasteiger partial charge in [0.1, 0.15) is 23.7 Å². The number of carbonyl (C=O) groups excluding carboxylic acids is 1. The van der Waals surface area contributed by atoms with Crippen LogP contribution in [0.5, 0.6) is 5.75 Å². The van der Waals surface area contributed by atoms with E-state index in [4.69, 9.17) is 16.3 Å². The van der Waals surface area contributed by atoms with Crippen LogP contribution in [0.15, 0.2) is 30.5 Å². The number of amides is 1. The van der Waals surface area contributed by atoms with E-state index in [1.165, 1.54) is 0 Å². The molecule has 2 aromatic rings. The number of aromatic nitrogens is 2. The fourth-order valence-corrected chi connectivity index (χ4v) is 3.38. The average Bonchev–Trinajstić information content (AvgIpc) is 2.94. The molecular formula is C19H24ClN3O3. The third-order valence-electron chi connectivity index (χ3n) is 4.83. The highest BCUT2D eigenvalue weighted by atomic mass is 35.5. The molecule has 0 saturated carbocycles. The zero-order chi connectivity index (χ0) is 18.7. The summed E-state index contributed by atoms with van der Waals surface area (Å²) in [5.41, 5.74) is 0.623. The lowest BCUT2D eigenvalue weighted by Gasteiger charge is -2.27. The van der Waals surface area contributed by atoms with Gasteiger partial charge in [0.15, 0.2) is 0 Å². The third-order valence-corrected chi connectivity index (χ3v) is 5.14. The zero-order valence-electron chi connectivity index (χ0n) is 15.1. The highest BCUT2D eigenvalue weighted by Gasteiger charge is 2.33. The van der Waals surface area contributed by atoms with Gasteiger partial charge in [-0.2, -0.15) is 5.10 Å². The van der Waals surface area contributed by atoms with Crippen molar-refractivity contribution in [3.63, 3.8) is 0 Å². The Hall–Kier alpha value is -2.05. The van der Waals surface area contributed by atoms with Gasteiger partial charge in [0.2, 0.25) is 0 Å². The number of hydrogen-bond donors (Lipinski definition) is 1. The first-order valence-electron chi connectivity index (χ1n) is 8.77. The summed E-state index contributed by atoms with van der Waals surface area (Å²) in [6.45, 7) is 3.21. The standard InChI is InChI=1S/C19H24ClN3O3/c1-14-4-5-15(20)17(12-14)26-13-19(25)7-3-10-23(11-8-19)18(24)16-6-9-21-22(16)2/h4-6,9,12,25H,3,7-8,10-11,13H2,1-2H3. The molecule has 1 aromatic carbocycles. The van der Waals surface area contributed by atoms with E-state index in [0.29, 0.717) is 48.8 Å². The summed E-state index contributed by atoms with van der Waals surface area (Å²) < 4.78 is 7.37. The van der Waals surface area contributed by atoms with Crippen LogP contribution in [0.4, 0.5) is 0 Å². The van der Waals surface area contributed by atoms with Crippen LogP contribution in [-0.4, -0.2) is 51.0 Å². The predicted octanol–water partition coefficient (Wildman–Crippen LogP) is 2.82. The second-order valence-corrected chi connectivity index (χ2v) is 7.34. The summed E-state index contributed by atoms with van der Waals surface area (Å²) >= 11 is 6.16. The third kappa shape index (κ3) is 4.19. The maximum absolute atomic E-state index is 12.6. The summed E-state index contributed by atoms with van der Waals surface area (Å²) in [4.78, 5) is 14.4. The number of carbonyl (C=O) groups is 1. The molecule has 2 heterocycles. The van der Waals surface area contributed by atoms with Crippen LogP contribution in [0, 0.1) is 6.92 Å². The first-order valence-corrected chi connectivity index (χ1v) is 9.14. The van der Waals surface area contributed by atoms with E-state index >= 15 is 0 Å². The normalized spacial score (nSPS) is 20.7. The molecule has 0 spiro atoms. The van der Waals surface area contributed by atoms with Crippen molar-refractivity contribution in [3.05, 3.63) is 46.7 Å². The lowest BCUT2D eigenvalue weighted by molar-refractivity contribution is -0.0163. The Kier molecular flexibility index (Phi) is 5.53. The molecule has 1 aromatic heterocycles. The lowest BCUT2D eigenvalue weighted by atomic mass is 9.96. The van der Waals surface area contributed by atoms with Gasteiger partial charge in [-0.15, -0.1) is 0 Å². The van der Waals surface area contributed by atoms with Crippen molar-refractivity contribution < 1.29 is 14.6 Å². The van der Waals surface area contributed by atoms with Crippen LogP contribution in [-0.2, 0) is 7.05 Å². The van der Waals surface area contributed by atoms with Crippen LogP contribution in [0.25, 0.3) is 0 Å². The smallest absolute Gasteiger partial charge is 0.272 e. The van der Waals surface area contributed by atoms with E-state index in [0.717, 1.165) is 5.56 Å². The largest absolute Gasteiger partial charge is 0.489 e. The minimum Gasteiger partial charge on any atom is -0.489 e. The molecule has 3 rings (SSSR count). The Morgan fingerprint density at radius 1 is 1.35 bits per heavy atom. The monoisotopic (exact) mass is 377 g/mol. The molecule has 1 fully saturated rings. The van der Waals surface area contributed by atoms with Gasteiger partial charge in [0, 0.05) is 26.3 Å². The number of nitrogens with zero attached hydrogens (tertiary/aromatic N) is 3. The van der Waals surface area contributed by atoms with Gasteiger partial charge in [-0.05, 0) is 49.9 Å². The van der Waals surface area contributed by atoms with Gasteiger partial charge in [0.05, 0.1) is 5.02 Å². The maximum atomic E-state index is 12.6. The molecule has 140 valence electrons. The molecule has 1 unspecified atom stereocenters. The van der Waals surface area contributed by atoms with Crippen molar-refractivity contribution in [1.82, 2.24) is 14.7 Å². The van der Waals surface area contributed by atoms with Crippen molar-refractivity contribution in [2.45, 2.75) is 31.8 Å². The summed E-state index contributed by atoms with van der Waals surface area (Å²) in [5.74, 6) is 0.518. The number of likely N-dealkylation sites (tertiary alicyclic amines) is 1. The average molecular weight is 378 g/mol. The number of benzene rings is 1. The number of halogens is 1. The number of ether oxygens (including phenoxy) is 1. The molecule has 0 radical (unpaired) electrons. The van der Waals surface area contributed by atoms with E-state index in [1.807, 2.05) is 19.1 Å². The highest BCUT2D eigenvalue weighted by molar-refractivity contribution is 6.32. The van der Waals surface area contributed by atoms with E-state index in [-0.39, 0.29) is 12.5 Å². The summed E-state index contributed by atoms with van der Waals surface area (Å²) in [7, 11) is 1.75. The second-order valence-electron chi connectivity index (χ2n) is 6.93. The second kappa shape index (κ2) is 7.68. The summed E-state index contributed by atoms with van der Waals surface area (Å²) in [6.07, 6.45) is 3.36. The molecule has 1 saturated heterocycles. The Labute approximate surface area is 158 Å². The van der Waals surface area contributed by atoms with Crippen molar-refractivity contribution in [2.75, 3.05) is 19.7 Å². The molecule has 26 heavy (non-hydrogen) atoms. The number of hydrogen-bond acceptors (Lipinski definition) is 4. The number of aliphatic hydroxyl groups is 1. The van der Waals surface area contributed by atoms with Crippen molar-refractivity contribution in [1.29, 1.82) is 0 Å². The van der Waals surface area contributed by atoms with Crippen LogP contribution in [0.2, 0.25) is 5.02 Å². The minimum absolute atomic E-state index is 0.0584. The van der Waals surface area contributed by atoms with Gasteiger partial charge in [-0.3, -0.25) is 9.48 Å².